The van der Waals surface area contributed by atoms with Gasteiger partial charge in [0.15, 0.2) is 0 Å². The van der Waals surface area contributed by atoms with Gasteiger partial charge in [0, 0.05) is 11.5 Å². The molecule has 0 atom stereocenters. The molecule has 1 N–H and O–H groups in total. The second kappa shape index (κ2) is 9.08. The van der Waals surface area contributed by atoms with Crippen LogP contribution in [0.1, 0.15) is 11.1 Å². The Balaban J connectivity index is 1.58. The number of rotatable bonds is 8. The summed E-state index contributed by atoms with van der Waals surface area (Å²) in [5.41, 5.74) is 2.59. The van der Waals surface area contributed by atoms with E-state index in [4.69, 9.17) is 0 Å². The average molecular weight is 305 g/mol. The largest absolute Gasteiger partial charge is 0.312 e. The third kappa shape index (κ3) is 6.01. The van der Waals surface area contributed by atoms with Crippen molar-refractivity contribution in [3.63, 3.8) is 0 Å². The van der Waals surface area contributed by atoms with Gasteiger partial charge in [0.1, 0.15) is 0 Å². The first-order valence-electron chi connectivity index (χ1n) is 6.52. The molecule has 0 radical (unpaired) electrons. The van der Waals surface area contributed by atoms with E-state index in [1.54, 1.807) is 23.5 Å². The second-order valence-corrected chi connectivity index (χ2v) is 6.34. The van der Waals surface area contributed by atoms with Crippen molar-refractivity contribution in [1.82, 2.24) is 5.06 Å². The van der Waals surface area contributed by atoms with Crippen molar-refractivity contribution < 1.29 is 5.21 Å². The highest BCUT2D eigenvalue weighted by Gasteiger charge is 2.01. The van der Waals surface area contributed by atoms with E-state index in [0.29, 0.717) is 11.8 Å². The van der Waals surface area contributed by atoms with Gasteiger partial charge in [-0.05, 0) is 11.1 Å². The Hall–Kier alpha value is -0.940. The Morgan fingerprint density at radius 2 is 1.10 bits per heavy atom. The summed E-state index contributed by atoms with van der Waals surface area (Å²) >= 11 is 3.45. The molecule has 0 saturated heterocycles. The molecule has 0 aromatic heterocycles. The predicted molar refractivity (Wildman–Crippen MR) is 88.8 cm³/mol. The third-order valence-corrected chi connectivity index (χ3v) is 4.74. The molecule has 0 heterocycles. The molecule has 20 heavy (non-hydrogen) atoms. The molecule has 0 unspecified atom stereocenters. The summed E-state index contributed by atoms with van der Waals surface area (Å²) < 4.78 is 0. The van der Waals surface area contributed by atoms with Gasteiger partial charge in [-0.3, -0.25) is 0 Å². The molecule has 0 saturated carbocycles. The van der Waals surface area contributed by atoms with Gasteiger partial charge in [-0.25, -0.2) is 0 Å². The molecular formula is C16H19NOS2. The van der Waals surface area contributed by atoms with Gasteiger partial charge in [-0.2, -0.15) is 5.06 Å². The highest BCUT2D eigenvalue weighted by molar-refractivity contribution is 7.99. The predicted octanol–water partition coefficient (Wildman–Crippen LogP) is 4.46. The van der Waals surface area contributed by atoms with Gasteiger partial charge in [0.05, 0.1) is 11.8 Å². The summed E-state index contributed by atoms with van der Waals surface area (Å²) in [5.74, 6) is 3.13. The summed E-state index contributed by atoms with van der Waals surface area (Å²) in [7, 11) is 0. The number of nitrogens with zero attached hydrogens (tertiary/aromatic N) is 1. The fourth-order valence-corrected chi connectivity index (χ4v) is 3.48. The normalized spacial score (nSPS) is 10.9. The summed E-state index contributed by atoms with van der Waals surface area (Å²) in [4.78, 5) is 0. The Kier molecular flexibility index (Phi) is 7.01. The Bertz CT molecular complexity index is 433. The lowest BCUT2D eigenvalue weighted by atomic mass is 10.2. The summed E-state index contributed by atoms with van der Waals surface area (Å²) in [6.07, 6.45) is 0. The van der Waals surface area contributed by atoms with E-state index in [0.717, 1.165) is 11.5 Å². The lowest BCUT2D eigenvalue weighted by Gasteiger charge is -2.13. The van der Waals surface area contributed by atoms with Crippen LogP contribution in [0, 0.1) is 0 Å². The first-order chi connectivity index (χ1) is 9.84. The number of benzene rings is 2. The zero-order valence-electron chi connectivity index (χ0n) is 11.3. The molecule has 0 amide bonds. The maximum atomic E-state index is 9.80. The molecule has 0 aliphatic rings. The van der Waals surface area contributed by atoms with Crippen LogP contribution in [0.15, 0.2) is 60.7 Å². The van der Waals surface area contributed by atoms with Crippen LogP contribution < -0.4 is 0 Å². The molecule has 2 nitrogen and oxygen atoms in total. The topological polar surface area (TPSA) is 23.5 Å². The van der Waals surface area contributed by atoms with Crippen LogP contribution in [0.25, 0.3) is 0 Å². The first-order valence-corrected chi connectivity index (χ1v) is 8.83. The minimum Gasteiger partial charge on any atom is -0.312 e. The van der Waals surface area contributed by atoms with E-state index in [1.165, 1.54) is 16.2 Å². The van der Waals surface area contributed by atoms with Gasteiger partial charge in [0.2, 0.25) is 0 Å². The summed E-state index contributed by atoms with van der Waals surface area (Å²) in [5, 5.41) is 11.2. The molecule has 0 fully saturated rings. The second-order valence-electron chi connectivity index (χ2n) is 4.43. The van der Waals surface area contributed by atoms with Crippen LogP contribution in [0.2, 0.25) is 0 Å². The molecule has 0 spiro atoms. The Labute approximate surface area is 129 Å². The van der Waals surface area contributed by atoms with Gasteiger partial charge >= 0.3 is 0 Å². The van der Waals surface area contributed by atoms with Crippen molar-refractivity contribution in [2.75, 3.05) is 11.8 Å². The molecule has 2 rings (SSSR count). The maximum absolute atomic E-state index is 9.80. The van der Waals surface area contributed by atoms with Crippen LogP contribution in [0.4, 0.5) is 0 Å². The van der Waals surface area contributed by atoms with E-state index in [1.807, 2.05) is 36.4 Å². The van der Waals surface area contributed by atoms with Crippen molar-refractivity contribution >= 4 is 23.5 Å². The smallest absolute Gasteiger partial charge is 0.0706 e. The van der Waals surface area contributed by atoms with E-state index < -0.39 is 0 Å². The lowest BCUT2D eigenvalue weighted by Crippen LogP contribution is -2.17. The van der Waals surface area contributed by atoms with Crippen LogP contribution in [0.5, 0.6) is 0 Å². The fourth-order valence-electron chi connectivity index (χ4n) is 1.72. The number of hydrogen-bond donors (Lipinski definition) is 1. The van der Waals surface area contributed by atoms with Crippen molar-refractivity contribution in [3.05, 3.63) is 71.8 Å². The number of thioether (sulfide) groups is 2. The standard InChI is InChI=1S/C16H19NOS2/c18-17(13-19-11-15-7-3-1-4-8-15)14-20-12-16-9-5-2-6-10-16/h1-10,18H,11-14H2. The quantitative estimate of drug-likeness (QED) is 0.574. The van der Waals surface area contributed by atoms with Gasteiger partial charge < -0.3 is 5.21 Å². The van der Waals surface area contributed by atoms with Crippen LogP contribution in [-0.4, -0.2) is 22.0 Å². The molecule has 0 aliphatic heterocycles. The molecule has 4 heteroatoms. The maximum Gasteiger partial charge on any atom is 0.0706 e. The lowest BCUT2D eigenvalue weighted by molar-refractivity contribution is -0.0516. The minimum atomic E-state index is 0.636. The zero-order chi connectivity index (χ0) is 14.0. The van der Waals surface area contributed by atoms with Crippen molar-refractivity contribution in [2.24, 2.45) is 0 Å². The summed E-state index contributed by atoms with van der Waals surface area (Å²) in [6.45, 7) is 0. The molecular weight excluding hydrogens is 286 g/mol. The van der Waals surface area contributed by atoms with E-state index in [9.17, 15) is 5.21 Å². The van der Waals surface area contributed by atoms with Crippen molar-refractivity contribution in [3.8, 4) is 0 Å². The molecule has 106 valence electrons. The van der Waals surface area contributed by atoms with Crippen LogP contribution in [-0.2, 0) is 11.5 Å². The van der Waals surface area contributed by atoms with Gasteiger partial charge in [-0.15, -0.1) is 23.5 Å². The van der Waals surface area contributed by atoms with E-state index in [2.05, 4.69) is 24.3 Å². The monoisotopic (exact) mass is 305 g/mol. The molecule has 0 aliphatic carbocycles. The molecule has 2 aromatic rings. The van der Waals surface area contributed by atoms with Crippen LogP contribution in [0.3, 0.4) is 0 Å². The highest BCUT2D eigenvalue weighted by atomic mass is 32.2. The van der Waals surface area contributed by atoms with Gasteiger partial charge in [-0.1, -0.05) is 60.7 Å². The van der Waals surface area contributed by atoms with E-state index in [-0.39, 0.29) is 0 Å². The van der Waals surface area contributed by atoms with Crippen molar-refractivity contribution in [1.29, 1.82) is 0 Å². The zero-order valence-corrected chi connectivity index (χ0v) is 12.9. The first kappa shape index (κ1) is 15.4. The fraction of sp³-hybridized carbons (Fsp3) is 0.250. The Morgan fingerprint density at radius 3 is 1.50 bits per heavy atom. The summed E-state index contributed by atoms with van der Waals surface area (Å²) in [6, 6.07) is 20.7. The van der Waals surface area contributed by atoms with Gasteiger partial charge in [0.25, 0.3) is 0 Å². The average Bonchev–Trinajstić information content (AvgIpc) is 2.49. The molecule has 0 bridgehead atoms. The van der Waals surface area contributed by atoms with Crippen LogP contribution >= 0.6 is 23.5 Å². The van der Waals surface area contributed by atoms with Crippen molar-refractivity contribution in [2.45, 2.75) is 11.5 Å². The Morgan fingerprint density at radius 1 is 0.700 bits per heavy atom. The third-order valence-electron chi connectivity index (χ3n) is 2.70. The minimum absolute atomic E-state index is 0.636. The van der Waals surface area contributed by atoms with E-state index >= 15 is 0 Å². The number of hydroxylamine groups is 2. The molecule has 2 aromatic carbocycles. The highest BCUT2D eigenvalue weighted by Crippen LogP contribution is 2.16. The SMILES string of the molecule is ON(CSCc1ccccc1)CSCc1ccccc1. The number of hydrogen-bond acceptors (Lipinski definition) is 4.